The maximum atomic E-state index is 11.9. The molecule has 0 saturated heterocycles. The Bertz CT molecular complexity index is 476. The minimum Gasteiger partial charge on any atom is -0.508 e. The zero-order chi connectivity index (χ0) is 14.4. The lowest BCUT2D eigenvalue weighted by Crippen LogP contribution is -2.32. The highest BCUT2D eigenvalue weighted by molar-refractivity contribution is 6.33. The number of carbonyl (C=O) groups is 2. The summed E-state index contributed by atoms with van der Waals surface area (Å²) in [5.41, 5.74) is 0.201. The van der Waals surface area contributed by atoms with Crippen LogP contribution in [0.15, 0.2) is 18.2 Å². The molecule has 1 unspecified atom stereocenters. The van der Waals surface area contributed by atoms with Crippen molar-refractivity contribution >= 4 is 23.5 Å². The summed E-state index contributed by atoms with van der Waals surface area (Å²) in [4.78, 5) is 22.3. The molecule has 0 aliphatic heterocycles. The van der Waals surface area contributed by atoms with Gasteiger partial charge in [0.25, 0.3) is 5.91 Å². The van der Waals surface area contributed by atoms with Gasteiger partial charge < -0.3 is 15.5 Å². The Morgan fingerprint density at radius 2 is 2.11 bits per heavy atom. The topological polar surface area (TPSA) is 86.6 Å². The summed E-state index contributed by atoms with van der Waals surface area (Å²) in [5, 5.41) is 20.8. The second-order valence-electron chi connectivity index (χ2n) is 4.32. The lowest BCUT2D eigenvalue weighted by Gasteiger charge is -2.14. The SMILES string of the molecule is CC(CCCC(=O)O)NC(=O)c1cc(O)ccc1Cl. The Kier molecular flexibility index (Phi) is 5.63. The molecule has 0 bridgehead atoms. The van der Waals surface area contributed by atoms with Gasteiger partial charge in [-0.05, 0) is 38.0 Å². The Morgan fingerprint density at radius 3 is 2.74 bits per heavy atom. The standard InChI is InChI=1S/C13H16ClNO4/c1-8(3-2-4-12(17)18)15-13(19)10-7-9(16)5-6-11(10)14/h5-8,16H,2-4H2,1H3,(H,15,19)(H,17,18). The van der Waals surface area contributed by atoms with Gasteiger partial charge in [0.15, 0.2) is 0 Å². The summed E-state index contributed by atoms with van der Waals surface area (Å²) in [6, 6.07) is 3.98. The molecule has 5 nitrogen and oxygen atoms in total. The molecule has 1 rings (SSSR count). The fraction of sp³-hybridized carbons (Fsp3) is 0.385. The smallest absolute Gasteiger partial charge is 0.303 e. The molecule has 0 aliphatic rings. The van der Waals surface area contributed by atoms with Crippen LogP contribution in [-0.2, 0) is 4.79 Å². The van der Waals surface area contributed by atoms with Crippen molar-refractivity contribution in [3.05, 3.63) is 28.8 Å². The number of carboxylic acid groups (broad SMARTS) is 1. The number of aliphatic carboxylic acids is 1. The number of phenols is 1. The number of carboxylic acids is 1. The van der Waals surface area contributed by atoms with Crippen LogP contribution in [0.3, 0.4) is 0 Å². The van der Waals surface area contributed by atoms with E-state index >= 15 is 0 Å². The molecule has 0 saturated carbocycles. The third kappa shape index (κ3) is 5.18. The van der Waals surface area contributed by atoms with Gasteiger partial charge in [0.2, 0.25) is 0 Å². The van der Waals surface area contributed by atoms with E-state index in [4.69, 9.17) is 16.7 Å². The first kappa shape index (κ1) is 15.3. The summed E-state index contributed by atoms with van der Waals surface area (Å²) in [6.07, 6.45) is 1.13. The fourth-order valence-corrected chi connectivity index (χ4v) is 1.82. The number of phenolic OH excluding ortho intramolecular Hbond substituents is 1. The lowest BCUT2D eigenvalue weighted by atomic mass is 10.1. The van der Waals surface area contributed by atoms with Gasteiger partial charge in [0.1, 0.15) is 5.75 Å². The number of halogens is 1. The van der Waals surface area contributed by atoms with Crippen LogP contribution in [0.5, 0.6) is 5.75 Å². The van der Waals surface area contributed by atoms with Gasteiger partial charge in [-0.25, -0.2) is 0 Å². The Balaban J connectivity index is 2.54. The van der Waals surface area contributed by atoms with Crippen molar-refractivity contribution in [2.24, 2.45) is 0 Å². The first-order chi connectivity index (χ1) is 8.90. The zero-order valence-corrected chi connectivity index (χ0v) is 11.3. The van der Waals surface area contributed by atoms with Gasteiger partial charge in [0, 0.05) is 12.5 Å². The van der Waals surface area contributed by atoms with Crippen LogP contribution < -0.4 is 5.32 Å². The molecule has 0 aliphatic carbocycles. The number of benzene rings is 1. The zero-order valence-electron chi connectivity index (χ0n) is 10.5. The second kappa shape index (κ2) is 6.99. The minimum absolute atomic E-state index is 0.0342. The molecule has 1 aromatic rings. The van der Waals surface area contributed by atoms with E-state index in [1.54, 1.807) is 6.92 Å². The number of hydrogen-bond acceptors (Lipinski definition) is 3. The first-order valence-corrected chi connectivity index (χ1v) is 6.29. The van der Waals surface area contributed by atoms with E-state index in [1.165, 1.54) is 18.2 Å². The summed E-state index contributed by atoms with van der Waals surface area (Å²) in [7, 11) is 0. The molecule has 1 amide bonds. The number of amides is 1. The molecule has 19 heavy (non-hydrogen) atoms. The van der Waals surface area contributed by atoms with Crippen molar-refractivity contribution in [2.45, 2.75) is 32.2 Å². The second-order valence-corrected chi connectivity index (χ2v) is 4.73. The van der Waals surface area contributed by atoms with E-state index in [1.807, 2.05) is 0 Å². The number of aromatic hydroxyl groups is 1. The first-order valence-electron chi connectivity index (χ1n) is 5.91. The van der Waals surface area contributed by atoms with Crippen molar-refractivity contribution in [1.82, 2.24) is 5.32 Å². The van der Waals surface area contributed by atoms with Crippen molar-refractivity contribution in [2.75, 3.05) is 0 Å². The molecule has 0 aromatic heterocycles. The van der Waals surface area contributed by atoms with Crippen molar-refractivity contribution in [1.29, 1.82) is 0 Å². The van der Waals surface area contributed by atoms with E-state index in [0.29, 0.717) is 12.8 Å². The van der Waals surface area contributed by atoms with E-state index in [0.717, 1.165) is 0 Å². The predicted octanol–water partition coefficient (Wildman–Crippen LogP) is 2.42. The number of nitrogens with one attached hydrogen (secondary N) is 1. The van der Waals surface area contributed by atoms with Crippen LogP contribution in [-0.4, -0.2) is 28.1 Å². The van der Waals surface area contributed by atoms with Crippen LogP contribution >= 0.6 is 11.6 Å². The summed E-state index contributed by atoms with van der Waals surface area (Å²) < 4.78 is 0. The molecule has 104 valence electrons. The van der Waals surface area contributed by atoms with E-state index in [-0.39, 0.29) is 34.7 Å². The van der Waals surface area contributed by atoms with Crippen molar-refractivity contribution in [3.8, 4) is 5.75 Å². The maximum Gasteiger partial charge on any atom is 0.303 e. The quantitative estimate of drug-likeness (QED) is 0.749. The maximum absolute atomic E-state index is 11.9. The van der Waals surface area contributed by atoms with Gasteiger partial charge in [-0.1, -0.05) is 11.6 Å². The summed E-state index contributed by atoms with van der Waals surface area (Å²) in [5.74, 6) is -1.27. The van der Waals surface area contributed by atoms with E-state index in [9.17, 15) is 14.7 Å². The van der Waals surface area contributed by atoms with Crippen LogP contribution in [0.4, 0.5) is 0 Å². The lowest BCUT2D eigenvalue weighted by molar-refractivity contribution is -0.137. The molecule has 0 radical (unpaired) electrons. The number of hydrogen-bond donors (Lipinski definition) is 3. The van der Waals surface area contributed by atoms with E-state index in [2.05, 4.69) is 5.32 Å². The highest BCUT2D eigenvalue weighted by atomic mass is 35.5. The summed E-state index contributed by atoms with van der Waals surface area (Å²) >= 11 is 5.87. The van der Waals surface area contributed by atoms with Gasteiger partial charge >= 0.3 is 5.97 Å². The molecule has 0 spiro atoms. The van der Waals surface area contributed by atoms with Crippen molar-refractivity contribution in [3.63, 3.8) is 0 Å². The average Bonchev–Trinajstić information content (AvgIpc) is 2.31. The number of carbonyl (C=O) groups excluding carboxylic acids is 1. The molecule has 6 heteroatoms. The highest BCUT2D eigenvalue weighted by Gasteiger charge is 2.14. The monoisotopic (exact) mass is 285 g/mol. The van der Waals surface area contributed by atoms with Crippen LogP contribution in [0.1, 0.15) is 36.5 Å². The highest BCUT2D eigenvalue weighted by Crippen LogP contribution is 2.21. The minimum atomic E-state index is -0.852. The molecule has 0 heterocycles. The summed E-state index contributed by atoms with van der Waals surface area (Å²) in [6.45, 7) is 1.79. The van der Waals surface area contributed by atoms with Gasteiger partial charge in [-0.15, -0.1) is 0 Å². The third-order valence-electron chi connectivity index (χ3n) is 2.60. The van der Waals surface area contributed by atoms with Gasteiger partial charge in [-0.2, -0.15) is 0 Å². The predicted molar refractivity (Wildman–Crippen MR) is 71.5 cm³/mol. The largest absolute Gasteiger partial charge is 0.508 e. The molecule has 3 N–H and O–H groups in total. The normalized spacial score (nSPS) is 11.9. The van der Waals surface area contributed by atoms with Gasteiger partial charge in [-0.3, -0.25) is 9.59 Å². The molecule has 1 aromatic carbocycles. The third-order valence-corrected chi connectivity index (χ3v) is 2.93. The van der Waals surface area contributed by atoms with Gasteiger partial charge in [0.05, 0.1) is 10.6 Å². The molecule has 0 fully saturated rings. The van der Waals surface area contributed by atoms with Crippen molar-refractivity contribution < 1.29 is 19.8 Å². The van der Waals surface area contributed by atoms with Crippen LogP contribution in [0, 0.1) is 0 Å². The average molecular weight is 286 g/mol. The van der Waals surface area contributed by atoms with E-state index < -0.39 is 5.97 Å². The van der Waals surface area contributed by atoms with Crippen LogP contribution in [0.2, 0.25) is 5.02 Å². The van der Waals surface area contributed by atoms with Crippen LogP contribution in [0.25, 0.3) is 0 Å². The molecule has 1 atom stereocenters. The Labute approximate surface area is 116 Å². The molecular weight excluding hydrogens is 270 g/mol. The fourth-order valence-electron chi connectivity index (χ4n) is 1.62. The Morgan fingerprint density at radius 1 is 1.42 bits per heavy atom. The molecular formula is C13H16ClNO4. The number of rotatable bonds is 6. The Hall–Kier alpha value is -1.75.